The summed E-state index contributed by atoms with van der Waals surface area (Å²) in [7, 11) is 0. The highest BCUT2D eigenvalue weighted by atomic mass is 16.5. The van der Waals surface area contributed by atoms with E-state index >= 15 is 0 Å². The summed E-state index contributed by atoms with van der Waals surface area (Å²) in [5.41, 5.74) is 2.51. The molecule has 1 atom stereocenters. The molecule has 0 saturated carbocycles. The van der Waals surface area contributed by atoms with Gasteiger partial charge in [-0.1, -0.05) is 29.4 Å². The van der Waals surface area contributed by atoms with Crippen LogP contribution in [0.5, 0.6) is 0 Å². The average molecular weight is 286 g/mol. The molecule has 0 spiro atoms. The molecule has 0 aliphatic carbocycles. The summed E-state index contributed by atoms with van der Waals surface area (Å²) in [6.07, 6.45) is 0.727. The quantitative estimate of drug-likeness (QED) is 0.931. The maximum atomic E-state index is 5.47. The highest BCUT2D eigenvalue weighted by molar-refractivity contribution is 5.28. The number of aryl methyl sites for hydroxylation is 1. The molecule has 3 rings (SSSR count). The summed E-state index contributed by atoms with van der Waals surface area (Å²) in [4.78, 5) is 6.96. The molecule has 1 aliphatic rings. The maximum absolute atomic E-state index is 5.47. The standard InChI is InChI=1S/C16H22N4O/c1-12-5-3-4-6-14(12)11-15-18-16(21-19-15)13(2)20-9-7-17-8-10-20/h3-6,13,17H,7-11H2,1-2H3. The van der Waals surface area contributed by atoms with E-state index in [1.54, 1.807) is 0 Å². The predicted octanol–water partition coefficient (Wildman–Crippen LogP) is 1.94. The molecule has 1 aliphatic heterocycles. The molecule has 1 aromatic heterocycles. The maximum Gasteiger partial charge on any atom is 0.243 e. The van der Waals surface area contributed by atoms with Crippen molar-refractivity contribution < 1.29 is 4.52 Å². The van der Waals surface area contributed by atoms with Gasteiger partial charge in [0.15, 0.2) is 5.82 Å². The molecule has 2 heterocycles. The van der Waals surface area contributed by atoms with Crippen molar-refractivity contribution in [2.45, 2.75) is 26.3 Å². The monoisotopic (exact) mass is 286 g/mol. The van der Waals surface area contributed by atoms with Crippen LogP contribution in [0.25, 0.3) is 0 Å². The first-order valence-corrected chi connectivity index (χ1v) is 7.56. The molecular weight excluding hydrogens is 264 g/mol. The smallest absolute Gasteiger partial charge is 0.243 e. The van der Waals surface area contributed by atoms with Gasteiger partial charge in [-0.3, -0.25) is 4.90 Å². The van der Waals surface area contributed by atoms with E-state index < -0.39 is 0 Å². The van der Waals surface area contributed by atoms with Crippen molar-refractivity contribution in [3.05, 3.63) is 47.1 Å². The Bertz CT molecular complexity index is 589. The van der Waals surface area contributed by atoms with E-state index in [1.807, 2.05) is 12.1 Å². The lowest BCUT2D eigenvalue weighted by Crippen LogP contribution is -2.44. The minimum atomic E-state index is 0.185. The Balaban J connectivity index is 1.69. The van der Waals surface area contributed by atoms with Gasteiger partial charge in [-0.15, -0.1) is 0 Å². The first kappa shape index (κ1) is 14.2. The SMILES string of the molecule is Cc1ccccc1Cc1noc(C(C)N2CCNCC2)n1. The van der Waals surface area contributed by atoms with Crippen LogP contribution in [0.3, 0.4) is 0 Å². The van der Waals surface area contributed by atoms with E-state index in [2.05, 4.69) is 46.3 Å². The van der Waals surface area contributed by atoms with Crippen LogP contribution in [0.4, 0.5) is 0 Å². The van der Waals surface area contributed by atoms with Crippen LogP contribution in [0.1, 0.15) is 35.8 Å². The van der Waals surface area contributed by atoms with E-state index in [-0.39, 0.29) is 6.04 Å². The third-order valence-corrected chi connectivity index (χ3v) is 4.15. The van der Waals surface area contributed by atoms with Gasteiger partial charge in [-0.05, 0) is 25.0 Å². The fourth-order valence-corrected chi connectivity index (χ4v) is 2.71. The molecule has 1 saturated heterocycles. The van der Waals surface area contributed by atoms with Crippen LogP contribution in [-0.2, 0) is 6.42 Å². The molecule has 0 radical (unpaired) electrons. The van der Waals surface area contributed by atoms with E-state index in [1.165, 1.54) is 11.1 Å². The van der Waals surface area contributed by atoms with Crippen LogP contribution in [0.15, 0.2) is 28.8 Å². The van der Waals surface area contributed by atoms with Gasteiger partial charge >= 0.3 is 0 Å². The lowest BCUT2D eigenvalue weighted by Gasteiger charge is -2.30. The Morgan fingerprint density at radius 2 is 2.05 bits per heavy atom. The van der Waals surface area contributed by atoms with E-state index in [4.69, 9.17) is 4.52 Å². The number of nitrogens with zero attached hydrogens (tertiary/aromatic N) is 3. The minimum absolute atomic E-state index is 0.185. The van der Waals surface area contributed by atoms with Crippen LogP contribution in [0, 0.1) is 6.92 Å². The zero-order chi connectivity index (χ0) is 14.7. The van der Waals surface area contributed by atoms with E-state index in [9.17, 15) is 0 Å². The number of nitrogens with one attached hydrogen (secondary N) is 1. The Hall–Kier alpha value is -1.72. The largest absolute Gasteiger partial charge is 0.338 e. The minimum Gasteiger partial charge on any atom is -0.338 e. The molecule has 1 fully saturated rings. The molecular formula is C16H22N4O. The third kappa shape index (κ3) is 3.31. The van der Waals surface area contributed by atoms with Gasteiger partial charge in [0.1, 0.15) is 0 Å². The lowest BCUT2D eigenvalue weighted by molar-refractivity contribution is 0.154. The molecule has 1 unspecified atom stereocenters. The fraction of sp³-hybridized carbons (Fsp3) is 0.500. The van der Waals surface area contributed by atoms with Crippen LogP contribution in [-0.4, -0.2) is 41.2 Å². The number of rotatable bonds is 4. The second-order valence-corrected chi connectivity index (χ2v) is 5.61. The average Bonchev–Trinajstić information content (AvgIpc) is 2.98. The molecule has 112 valence electrons. The van der Waals surface area contributed by atoms with Gasteiger partial charge in [-0.25, -0.2) is 0 Å². The first-order chi connectivity index (χ1) is 10.2. The summed E-state index contributed by atoms with van der Waals surface area (Å²) in [5, 5.41) is 7.50. The van der Waals surface area contributed by atoms with Gasteiger partial charge in [0.05, 0.1) is 6.04 Å². The zero-order valence-corrected chi connectivity index (χ0v) is 12.7. The number of piperazine rings is 1. The van der Waals surface area contributed by atoms with Gasteiger partial charge < -0.3 is 9.84 Å². The van der Waals surface area contributed by atoms with E-state index in [0.29, 0.717) is 0 Å². The number of hydrogen-bond donors (Lipinski definition) is 1. The molecule has 2 aromatic rings. The normalized spacial score (nSPS) is 17.8. The zero-order valence-electron chi connectivity index (χ0n) is 12.7. The first-order valence-electron chi connectivity index (χ1n) is 7.56. The topological polar surface area (TPSA) is 54.2 Å². The van der Waals surface area contributed by atoms with Gasteiger partial charge in [0.2, 0.25) is 5.89 Å². The van der Waals surface area contributed by atoms with Crippen LogP contribution in [0.2, 0.25) is 0 Å². The van der Waals surface area contributed by atoms with Gasteiger partial charge in [-0.2, -0.15) is 4.98 Å². The highest BCUT2D eigenvalue weighted by Crippen LogP contribution is 2.20. The van der Waals surface area contributed by atoms with Crippen molar-refractivity contribution in [1.29, 1.82) is 0 Å². The second kappa shape index (κ2) is 6.37. The summed E-state index contributed by atoms with van der Waals surface area (Å²) in [5.74, 6) is 1.49. The highest BCUT2D eigenvalue weighted by Gasteiger charge is 2.23. The van der Waals surface area contributed by atoms with Gasteiger partial charge in [0.25, 0.3) is 0 Å². The fourth-order valence-electron chi connectivity index (χ4n) is 2.71. The third-order valence-electron chi connectivity index (χ3n) is 4.15. The van der Waals surface area contributed by atoms with Crippen molar-refractivity contribution in [2.75, 3.05) is 26.2 Å². The van der Waals surface area contributed by atoms with Crippen LogP contribution < -0.4 is 5.32 Å². The van der Waals surface area contributed by atoms with Crippen molar-refractivity contribution in [1.82, 2.24) is 20.4 Å². The Morgan fingerprint density at radius 1 is 1.29 bits per heavy atom. The summed E-state index contributed by atoms with van der Waals surface area (Å²) < 4.78 is 5.47. The Labute approximate surface area is 125 Å². The van der Waals surface area contributed by atoms with Crippen molar-refractivity contribution in [3.63, 3.8) is 0 Å². The van der Waals surface area contributed by atoms with Crippen molar-refractivity contribution >= 4 is 0 Å². The number of hydrogen-bond acceptors (Lipinski definition) is 5. The Morgan fingerprint density at radius 3 is 2.81 bits per heavy atom. The predicted molar refractivity (Wildman–Crippen MR) is 81.1 cm³/mol. The van der Waals surface area contributed by atoms with Crippen molar-refractivity contribution in [2.24, 2.45) is 0 Å². The van der Waals surface area contributed by atoms with E-state index in [0.717, 1.165) is 44.3 Å². The van der Waals surface area contributed by atoms with Gasteiger partial charge in [0, 0.05) is 32.6 Å². The molecule has 5 nitrogen and oxygen atoms in total. The van der Waals surface area contributed by atoms with Crippen molar-refractivity contribution in [3.8, 4) is 0 Å². The lowest BCUT2D eigenvalue weighted by atomic mass is 10.1. The molecule has 0 bridgehead atoms. The summed E-state index contributed by atoms with van der Waals surface area (Å²) >= 11 is 0. The summed E-state index contributed by atoms with van der Waals surface area (Å²) in [6, 6.07) is 8.51. The molecule has 1 aromatic carbocycles. The van der Waals surface area contributed by atoms with Crippen LogP contribution >= 0.6 is 0 Å². The molecule has 5 heteroatoms. The molecule has 0 amide bonds. The number of aromatic nitrogens is 2. The summed E-state index contributed by atoms with van der Waals surface area (Å²) in [6.45, 7) is 8.34. The molecule has 1 N–H and O–H groups in total. The number of benzene rings is 1. The molecule has 21 heavy (non-hydrogen) atoms. The second-order valence-electron chi connectivity index (χ2n) is 5.61. The Kier molecular flexibility index (Phi) is 4.31.